The highest BCUT2D eigenvalue weighted by atomic mass is 14.8. The van der Waals surface area contributed by atoms with E-state index in [2.05, 4.69) is 18.8 Å². The van der Waals surface area contributed by atoms with Crippen molar-refractivity contribution in [3.05, 3.63) is 36.6 Å². The molecule has 1 heteroatoms. The lowest BCUT2D eigenvalue weighted by Crippen LogP contribution is -2.02. The van der Waals surface area contributed by atoms with Crippen molar-refractivity contribution >= 4 is 0 Å². The predicted octanol–water partition coefficient (Wildman–Crippen LogP) is 2.24. The van der Waals surface area contributed by atoms with Crippen LogP contribution in [0, 0.1) is 0 Å². The molecule has 0 aromatic rings. The molecule has 0 aliphatic rings. The lowest BCUT2D eigenvalue weighted by molar-refractivity contribution is 0.911. The highest BCUT2D eigenvalue weighted by molar-refractivity contribution is 5.18. The van der Waals surface area contributed by atoms with Gasteiger partial charge in [-0.15, -0.1) is 0 Å². The van der Waals surface area contributed by atoms with Crippen LogP contribution >= 0.6 is 0 Å². The Labute approximate surface area is 63.1 Å². The third kappa shape index (κ3) is 5.16. The first-order chi connectivity index (χ1) is 4.81. The maximum absolute atomic E-state index is 3.58. The van der Waals surface area contributed by atoms with Gasteiger partial charge in [0.2, 0.25) is 0 Å². The minimum absolute atomic E-state index is 0.971. The Morgan fingerprint density at radius 3 is 2.80 bits per heavy atom. The predicted molar refractivity (Wildman–Crippen MR) is 46.8 cm³/mol. The van der Waals surface area contributed by atoms with E-state index in [0.29, 0.717) is 0 Å². The maximum Gasteiger partial charge on any atom is 0.0113 e. The van der Waals surface area contributed by atoms with Gasteiger partial charge in [-0.05, 0) is 25.6 Å². The second kappa shape index (κ2) is 6.14. The van der Waals surface area contributed by atoms with Crippen molar-refractivity contribution in [2.45, 2.75) is 13.8 Å². The van der Waals surface area contributed by atoms with Crippen LogP contribution < -0.4 is 5.32 Å². The van der Waals surface area contributed by atoms with Crippen LogP contribution in [0.1, 0.15) is 13.8 Å². The van der Waals surface area contributed by atoms with Gasteiger partial charge in [0.25, 0.3) is 0 Å². The second-order valence-electron chi connectivity index (χ2n) is 2.04. The summed E-state index contributed by atoms with van der Waals surface area (Å²) in [7, 11) is 0. The van der Waals surface area contributed by atoms with Crippen molar-refractivity contribution in [2.24, 2.45) is 0 Å². The minimum atomic E-state index is 0.971. The van der Waals surface area contributed by atoms with Crippen LogP contribution in [0.2, 0.25) is 0 Å². The molecule has 1 nitrogen and oxygen atoms in total. The Kier molecular flexibility index (Phi) is 5.54. The molecule has 0 atom stereocenters. The largest absolute Gasteiger partial charge is 0.391 e. The van der Waals surface area contributed by atoms with Gasteiger partial charge in [0.05, 0.1) is 0 Å². The molecule has 0 saturated carbocycles. The first kappa shape index (κ1) is 9.02. The molecule has 10 heavy (non-hydrogen) atoms. The molecule has 0 aliphatic carbocycles. The molecule has 0 aromatic carbocycles. The Bertz CT molecular complexity index is 143. The summed E-state index contributed by atoms with van der Waals surface area (Å²) in [6.07, 6.45) is 7.68. The van der Waals surface area contributed by atoms with E-state index < -0.39 is 0 Å². The smallest absolute Gasteiger partial charge is 0.0113 e. The third-order valence-electron chi connectivity index (χ3n) is 1.03. The Morgan fingerprint density at radius 2 is 2.30 bits per heavy atom. The summed E-state index contributed by atoms with van der Waals surface area (Å²) >= 11 is 0. The van der Waals surface area contributed by atoms with Gasteiger partial charge >= 0.3 is 0 Å². The van der Waals surface area contributed by atoms with Crippen molar-refractivity contribution in [1.82, 2.24) is 5.32 Å². The second-order valence-corrected chi connectivity index (χ2v) is 2.04. The topological polar surface area (TPSA) is 12.0 Å². The van der Waals surface area contributed by atoms with E-state index in [1.807, 2.05) is 25.3 Å². The summed E-state index contributed by atoms with van der Waals surface area (Å²) in [6, 6.07) is 0. The normalized spacial score (nSPS) is 12.0. The van der Waals surface area contributed by atoms with Crippen molar-refractivity contribution in [1.29, 1.82) is 0 Å². The molecule has 0 spiro atoms. The number of rotatable bonds is 4. The summed E-state index contributed by atoms with van der Waals surface area (Å²) in [6.45, 7) is 8.66. The molecule has 0 aliphatic heterocycles. The van der Waals surface area contributed by atoms with E-state index in [-0.39, 0.29) is 0 Å². The zero-order valence-electron chi connectivity index (χ0n) is 6.72. The Hall–Kier alpha value is -0.980. The van der Waals surface area contributed by atoms with Crippen molar-refractivity contribution < 1.29 is 0 Å². The highest BCUT2D eigenvalue weighted by Crippen LogP contribution is 1.91. The molecular formula is C9H15N. The molecule has 0 fully saturated rings. The van der Waals surface area contributed by atoms with Crippen molar-refractivity contribution in [3.63, 3.8) is 0 Å². The van der Waals surface area contributed by atoms with E-state index in [1.54, 1.807) is 6.08 Å². The van der Waals surface area contributed by atoms with E-state index in [1.165, 1.54) is 5.57 Å². The molecule has 0 saturated heterocycles. The molecule has 0 bridgehead atoms. The average Bonchev–Trinajstić information content (AvgIpc) is 1.97. The highest BCUT2D eigenvalue weighted by Gasteiger charge is 1.76. The quantitative estimate of drug-likeness (QED) is 0.586. The van der Waals surface area contributed by atoms with Crippen LogP contribution in [0.25, 0.3) is 0 Å². The first-order valence-electron chi connectivity index (χ1n) is 3.50. The molecule has 0 aromatic heterocycles. The van der Waals surface area contributed by atoms with Gasteiger partial charge in [-0.3, -0.25) is 0 Å². The lowest BCUT2D eigenvalue weighted by Gasteiger charge is -1.93. The van der Waals surface area contributed by atoms with Crippen LogP contribution in [-0.4, -0.2) is 6.54 Å². The SMILES string of the molecule is C=C/C=C\C(C)=C/NCC. The van der Waals surface area contributed by atoms with Gasteiger partial charge in [-0.25, -0.2) is 0 Å². The van der Waals surface area contributed by atoms with E-state index in [9.17, 15) is 0 Å². The molecule has 1 N–H and O–H groups in total. The third-order valence-corrected chi connectivity index (χ3v) is 1.03. The Balaban J connectivity index is 3.69. The van der Waals surface area contributed by atoms with E-state index >= 15 is 0 Å². The number of hydrogen-bond acceptors (Lipinski definition) is 1. The van der Waals surface area contributed by atoms with Crippen molar-refractivity contribution in [3.8, 4) is 0 Å². The number of hydrogen-bond donors (Lipinski definition) is 1. The monoisotopic (exact) mass is 137 g/mol. The van der Waals surface area contributed by atoms with Crippen LogP contribution in [-0.2, 0) is 0 Å². The van der Waals surface area contributed by atoms with Gasteiger partial charge < -0.3 is 5.32 Å². The molecule has 56 valence electrons. The molecule has 0 unspecified atom stereocenters. The minimum Gasteiger partial charge on any atom is -0.391 e. The van der Waals surface area contributed by atoms with Gasteiger partial charge in [-0.1, -0.05) is 24.8 Å². The molecule has 0 radical (unpaired) electrons. The fraction of sp³-hybridized carbons (Fsp3) is 0.333. The summed E-state index contributed by atoms with van der Waals surface area (Å²) in [5, 5.41) is 3.11. The van der Waals surface area contributed by atoms with Gasteiger partial charge in [0.1, 0.15) is 0 Å². The van der Waals surface area contributed by atoms with Gasteiger partial charge in [0, 0.05) is 6.54 Å². The molecular weight excluding hydrogens is 122 g/mol. The van der Waals surface area contributed by atoms with Crippen LogP contribution in [0.4, 0.5) is 0 Å². The van der Waals surface area contributed by atoms with Crippen LogP contribution in [0.3, 0.4) is 0 Å². The first-order valence-corrected chi connectivity index (χ1v) is 3.50. The van der Waals surface area contributed by atoms with E-state index in [0.717, 1.165) is 6.54 Å². The zero-order chi connectivity index (χ0) is 7.82. The van der Waals surface area contributed by atoms with Crippen LogP contribution in [0.5, 0.6) is 0 Å². The number of nitrogens with one attached hydrogen (secondary N) is 1. The molecule has 0 heterocycles. The zero-order valence-corrected chi connectivity index (χ0v) is 6.72. The molecule has 0 amide bonds. The summed E-state index contributed by atoms with van der Waals surface area (Å²) < 4.78 is 0. The van der Waals surface area contributed by atoms with Crippen molar-refractivity contribution in [2.75, 3.05) is 6.54 Å². The fourth-order valence-electron chi connectivity index (χ4n) is 0.531. The number of allylic oxidation sites excluding steroid dienone is 4. The van der Waals surface area contributed by atoms with Crippen LogP contribution in [0.15, 0.2) is 36.6 Å². The average molecular weight is 137 g/mol. The Morgan fingerprint density at radius 1 is 1.60 bits per heavy atom. The standard InChI is InChI=1S/C9H15N/c1-4-6-7-9(3)8-10-5-2/h4,6-8,10H,1,5H2,2-3H3/b7-6-,9-8-. The summed E-state index contributed by atoms with van der Waals surface area (Å²) in [5.74, 6) is 0. The van der Waals surface area contributed by atoms with Gasteiger partial charge in [0.15, 0.2) is 0 Å². The lowest BCUT2D eigenvalue weighted by atomic mass is 10.3. The van der Waals surface area contributed by atoms with E-state index in [4.69, 9.17) is 0 Å². The fourth-order valence-corrected chi connectivity index (χ4v) is 0.531. The molecule has 0 rings (SSSR count). The summed E-state index contributed by atoms with van der Waals surface area (Å²) in [5.41, 5.74) is 1.21. The maximum atomic E-state index is 3.58. The van der Waals surface area contributed by atoms with Gasteiger partial charge in [-0.2, -0.15) is 0 Å². The summed E-state index contributed by atoms with van der Waals surface area (Å²) in [4.78, 5) is 0.